The first-order valence-corrected chi connectivity index (χ1v) is 8.92. The SMILES string of the molecule is FCOc1ccccc1Nc1ncc(Br)c(Nc2cc(C3CC3)n[nH]2)n1. The van der Waals surface area contributed by atoms with E-state index in [-0.39, 0.29) is 0 Å². The van der Waals surface area contributed by atoms with Gasteiger partial charge in [-0.1, -0.05) is 12.1 Å². The number of nitrogens with zero attached hydrogens (tertiary/aromatic N) is 3. The van der Waals surface area contributed by atoms with Crippen LogP contribution in [0.4, 0.5) is 27.7 Å². The van der Waals surface area contributed by atoms with Crippen molar-refractivity contribution >= 4 is 39.2 Å². The molecule has 0 amide bonds. The molecule has 0 aliphatic heterocycles. The van der Waals surface area contributed by atoms with Crippen LogP contribution in [-0.2, 0) is 0 Å². The van der Waals surface area contributed by atoms with E-state index in [1.54, 1.807) is 24.4 Å². The van der Waals surface area contributed by atoms with E-state index in [4.69, 9.17) is 4.74 Å². The van der Waals surface area contributed by atoms with Gasteiger partial charge in [-0.15, -0.1) is 0 Å². The number of aromatic nitrogens is 4. The van der Waals surface area contributed by atoms with Crippen LogP contribution in [0.25, 0.3) is 0 Å². The minimum absolute atomic E-state index is 0.354. The first kappa shape index (κ1) is 16.8. The molecular formula is C17H16BrFN6O. The van der Waals surface area contributed by atoms with Gasteiger partial charge in [-0.3, -0.25) is 5.10 Å². The summed E-state index contributed by atoms with van der Waals surface area (Å²) in [4.78, 5) is 8.69. The molecule has 1 aliphatic rings. The van der Waals surface area contributed by atoms with Crippen molar-refractivity contribution in [1.82, 2.24) is 20.2 Å². The lowest BCUT2D eigenvalue weighted by Gasteiger charge is -2.11. The normalized spacial score (nSPS) is 13.5. The maximum atomic E-state index is 12.5. The summed E-state index contributed by atoms with van der Waals surface area (Å²) in [6.45, 7) is -0.907. The molecule has 1 aromatic carbocycles. The number of ether oxygens (including phenoxy) is 1. The Labute approximate surface area is 157 Å². The van der Waals surface area contributed by atoms with E-state index in [0.717, 1.165) is 11.5 Å². The van der Waals surface area contributed by atoms with Gasteiger partial charge >= 0.3 is 0 Å². The Hall–Kier alpha value is -2.68. The van der Waals surface area contributed by atoms with Crippen LogP contribution in [0.15, 0.2) is 41.0 Å². The lowest BCUT2D eigenvalue weighted by molar-refractivity contribution is 0.193. The third kappa shape index (κ3) is 3.77. The maximum absolute atomic E-state index is 12.5. The minimum Gasteiger partial charge on any atom is -0.461 e. The van der Waals surface area contributed by atoms with Gasteiger partial charge in [0, 0.05) is 18.2 Å². The molecule has 26 heavy (non-hydrogen) atoms. The minimum atomic E-state index is -0.907. The third-order valence-electron chi connectivity index (χ3n) is 3.93. The zero-order chi connectivity index (χ0) is 17.9. The number of rotatable bonds is 7. The van der Waals surface area contributed by atoms with Gasteiger partial charge in [0.15, 0.2) is 5.82 Å². The Morgan fingerprint density at radius 3 is 2.92 bits per heavy atom. The summed E-state index contributed by atoms with van der Waals surface area (Å²) in [6, 6.07) is 9.00. The number of H-pyrrole nitrogens is 1. The van der Waals surface area contributed by atoms with E-state index < -0.39 is 6.86 Å². The molecule has 0 bridgehead atoms. The average Bonchev–Trinajstić information content (AvgIpc) is 3.39. The van der Waals surface area contributed by atoms with Crippen molar-refractivity contribution in [2.75, 3.05) is 17.5 Å². The van der Waals surface area contributed by atoms with E-state index in [1.165, 1.54) is 12.8 Å². The van der Waals surface area contributed by atoms with Crippen molar-refractivity contribution in [3.8, 4) is 5.75 Å². The van der Waals surface area contributed by atoms with E-state index >= 15 is 0 Å². The molecule has 2 aromatic heterocycles. The van der Waals surface area contributed by atoms with Crippen LogP contribution in [0.5, 0.6) is 5.75 Å². The molecule has 3 N–H and O–H groups in total. The molecular weight excluding hydrogens is 403 g/mol. The number of nitrogens with one attached hydrogen (secondary N) is 3. The van der Waals surface area contributed by atoms with Crippen LogP contribution >= 0.6 is 15.9 Å². The van der Waals surface area contributed by atoms with Crippen molar-refractivity contribution in [2.45, 2.75) is 18.8 Å². The quantitative estimate of drug-likeness (QED) is 0.518. The number of para-hydroxylation sites is 2. The highest BCUT2D eigenvalue weighted by Crippen LogP contribution is 2.39. The summed E-state index contributed by atoms with van der Waals surface area (Å²) >= 11 is 3.44. The fraction of sp³-hybridized carbons (Fsp3) is 0.235. The summed E-state index contributed by atoms with van der Waals surface area (Å²) in [6.07, 6.45) is 4.01. The summed E-state index contributed by atoms with van der Waals surface area (Å²) in [7, 11) is 0. The molecule has 0 radical (unpaired) electrons. The molecule has 9 heteroatoms. The van der Waals surface area contributed by atoms with Crippen LogP contribution < -0.4 is 15.4 Å². The molecule has 1 fully saturated rings. The molecule has 0 atom stereocenters. The molecule has 4 rings (SSSR count). The first-order chi connectivity index (χ1) is 12.7. The van der Waals surface area contributed by atoms with Crippen molar-refractivity contribution in [2.24, 2.45) is 0 Å². The second-order valence-corrected chi connectivity index (χ2v) is 6.72. The Bertz CT molecular complexity index is 914. The van der Waals surface area contributed by atoms with Crippen molar-refractivity contribution < 1.29 is 9.13 Å². The molecule has 0 saturated heterocycles. The zero-order valence-corrected chi connectivity index (χ0v) is 15.3. The maximum Gasteiger partial charge on any atom is 0.229 e. The van der Waals surface area contributed by atoms with E-state index in [9.17, 15) is 4.39 Å². The smallest absolute Gasteiger partial charge is 0.229 e. The average molecular weight is 419 g/mol. The van der Waals surface area contributed by atoms with E-state index in [0.29, 0.717) is 33.6 Å². The number of hydrogen-bond donors (Lipinski definition) is 3. The highest BCUT2D eigenvalue weighted by molar-refractivity contribution is 9.10. The van der Waals surface area contributed by atoms with Gasteiger partial charge in [0.05, 0.1) is 15.9 Å². The van der Waals surface area contributed by atoms with Gasteiger partial charge < -0.3 is 15.4 Å². The number of halogens is 2. The predicted molar refractivity (Wildman–Crippen MR) is 99.9 cm³/mol. The van der Waals surface area contributed by atoms with Gasteiger partial charge in [-0.25, -0.2) is 9.37 Å². The Morgan fingerprint density at radius 2 is 2.12 bits per heavy atom. The molecule has 7 nitrogen and oxygen atoms in total. The molecule has 0 spiro atoms. The highest BCUT2D eigenvalue weighted by Gasteiger charge is 2.26. The molecule has 1 aliphatic carbocycles. The van der Waals surface area contributed by atoms with Crippen molar-refractivity contribution in [1.29, 1.82) is 0 Å². The van der Waals surface area contributed by atoms with Crippen LogP contribution in [0.1, 0.15) is 24.5 Å². The number of anilines is 4. The number of alkyl halides is 1. The fourth-order valence-electron chi connectivity index (χ4n) is 2.51. The van der Waals surface area contributed by atoms with Crippen molar-refractivity contribution in [3.63, 3.8) is 0 Å². The Morgan fingerprint density at radius 1 is 1.27 bits per heavy atom. The summed E-state index contributed by atoms with van der Waals surface area (Å²) in [5.74, 6) is 2.65. The van der Waals surface area contributed by atoms with Gasteiger partial charge in [0.1, 0.15) is 11.6 Å². The van der Waals surface area contributed by atoms with E-state index in [1.807, 2.05) is 12.1 Å². The first-order valence-electron chi connectivity index (χ1n) is 8.12. The Balaban J connectivity index is 1.54. The van der Waals surface area contributed by atoms with Crippen LogP contribution in [0.3, 0.4) is 0 Å². The van der Waals surface area contributed by atoms with Crippen molar-refractivity contribution in [3.05, 3.63) is 46.7 Å². The summed E-state index contributed by atoms with van der Waals surface area (Å²) in [5.41, 5.74) is 1.64. The summed E-state index contributed by atoms with van der Waals surface area (Å²) < 4.78 is 18.2. The van der Waals surface area contributed by atoms with E-state index in [2.05, 4.69) is 46.7 Å². The second-order valence-electron chi connectivity index (χ2n) is 5.87. The third-order valence-corrected chi connectivity index (χ3v) is 4.51. The molecule has 3 aromatic rings. The van der Waals surface area contributed by atoms with Crippen LogP contribution in [0, 0.1) is 0 Å². The fourth-order valence-corrected chi connectivity index (χ4v) is 2.80. The largest absolute Gasteiger partial charge is 0.461 e. The van der Waals surface area contributed by atoms with Gasteiger partial charge in [-0.05, 0) is 40.9 Å². The molecule has 2 heterocycles. The van der Waals surface area contributed by atoms with Crippen LogP contribution in [-0.4, -0.2) is 27.0 Å². The molecule has 134 valence electrons. The monoisotopic (exact) mass is 418 g/mol. The highest BCUT2D eigenvalue weighted by atomic mass is 79.9. The lowest BCUT2D eigenvalue weighted by atomic mass is 10.3. The van der Waals surface area contributed by atoms with Gasteiger partial charge in [-0.2, -0.15) is 10.1 Å². The topological polar surface area (TPSA) is 87.8 Å². The second kappa shape index (κ2) is 7.28. The molecule has 0 unspecified atom stereocenters. The molecule has 1 saturated carbocycles. The standard InChI is InChI=1S/C17H16BrFN6O/c18-11-8-20-17(21-12-3-1-2-4-14(12)26-9-19)23-16(11)22-15-7-13(24-25-15)10-5-6-10/h1-4,7-8,10H,5-6,9H2,(H3,20,21,22,23,24,25). The van der Waals surface area contributed by atoms with Gasteiger partial charge in [0.2, 0.25) is 12.8 Å². The number of benzene rings is 1. The van der Waals surface area contributed by atoms with Crippen LogP contribution in [0.2, 0.25) is 0 Å². The zero-order valence-electron chi connectivity index (χ0n) is 13.7. The lowest BCUT2D eigenvalue weighted by Crippen LogP contribution is -2.03. The number of hydrogen-bond acceptors (Lipinski definition) is 6. The Kier molecular flexibility index (Phi) is 4.70. The van der Waals surface area contributed by atoms with Gasteiger partial charge in [0.25, 0.3) is 0 Å². The number of aromatic amines is 1. The predicted octanol–water partition coefficient (Wildman–Crippen LogP) is 4.63. The summed E-state index contributed by atoms with van der Waals surface area (Å²) in [5, 5.41) is 13.5.